The summed E-state index contributed by atoms with van der Waals surface area (Å²) in [6.07, 6.45) is 1.99. The Balaban J connectivity index is 2.53. The monoisotopic (exact) mass is 591 g/mol. The number of ether oxygens (including phenoxy) is 1. The molecule has 0 saturated heterocycles. The molecule has 0 aromatic heterocycles. The molecule has 12 heteroatoms. The zero-order valence-electron chi connectivity index (χ0n) is 21.4. The molecule has 0 bridgehead atoms. The van der Waals surface area contributed by atoms with Gasteiger partial charge in [0.25, 0.3) is 0 Å². The van der Waals surface area contributed by atoms with Crippen molar-refractivity contribution in [2.75, 3.05) is 24.2 Å². The van der Waals surface area contributed by atoms with Crippen molar-refractivity contribution >= 4 is 62.3 Å². The number of amides is 2. The molecule has 0 aliphatic rings. The molecule has 2 aromatic rings. The van der Waals surface area contributed by atoms with E-state index in [2.05, 4.69) is 5.32 Å². The van der Waals surface area contributed by atoms with Crippen LogP contribution in [-0.4, -0.2) is 57.1 Å². The van der Waals surface area contributed by atoms with Gasteiger partial charge in [0.15, 0.2) is 0 Å². The molecular formula is C25H32Cl3N3O5S. The predicted octanol–water partition coefficient (Wildman–Crippen LogP) is 5.14. The van der Waals surface area contributed by atoms with Crippen molar-refractivity contribution in [2.24, 2.45) is 0 Å². The Morgan fingerprint density at radius 2 is 1.70 bits per heavy atom. The topological polar surface area (TPSA) is 96.0 Å². The number of rotatable bonds is 12. The Bertz CT molecular complexity index is 1230. The van der Waals surface area contributed by atoms with E-state index in [1.54, 1.807) is 31.2 Å². The van der Waals surface area contributed by atoms with Gasteiger partial charge in [-0.1, -0.05) is 54.7 Å². The average Bonchev–Trinajstić information content (AvgIpc) is 2.83. The minimum atomic E-state index is -3.95. The lowest BCUT2D eigenvalue weighted by atomic mass is 10.1. The van der Waals surface area contributed by atoms with Crippen molar-refractivity contribution in [3.63, 3.8) is 0 Å². The zero-order chi connectivity index (χ0) is 27.9. The molecule has 37 heavy (non-hydrogen) atoms. The second-order valence-electron chi connectivity index (χ2n) is 8.60. The van der Waals surface area contributed by atoms with E-state index in [4.69, 9.17) is 39.5 Å². The van der Waals surface area contributed by atoms with Crippen molar-refractivity contribution in [3.05, 3.63) is 57.0 Å². The number of carbonyl (C=O) groups is 2. The summed E-state index contributed by atoms with van der Waals surface area (Å²) in [6.45, 7) is 5.01. The van der Waals surface area contributed by atoms with Crippen LogP contribution in [0, 0.1) is 0 Å². The van der Waals surface area contributed by atoms with Crippen LogP contribution in [0.1, 0.15) is 39.2 Å². The molecule has 1 N–H and O–H groups in total. The van der Waals surface area contributed by atoms with E-state index >= 15 is 0 Å². The van der Waals surface area contributed by atoms with E-state index in [-0.39, 0.29) is 35.0 Å². The Hall–Kier alpha value is -2.20. The van der Waals surface area contributed by atoms with Crippen LogP contribution in [0.15, 0.2) is 36.4 Å². The standard InChI is InChI=1S/C25H32Cl3N3O5S/c1-6-16(3)29-25(33)21(7-2)30(14-17-8-10-19(27)20(28)12-17)24(32)15-31(37(5,34)35)22-13-18(26)9-11-23(22)36-4/h8-13,16,21H,6-7,14-15H2,1-5H3,(H,29,33)/t16-,21-/m1/s1. The van der Waals surface area contributed by atoms with E-state index < -0.39 is 28.5 Å². The Labute approximate surface area is 233 Å². The minimum Gasteiger partial charge on any atom is -0.495 e. The predicted molar refractivity (Wildman–Crippen MR) is 149 cm³/mol. The summed E-state index contributed by atoms with van der Waals surface area (Å²) in [5.41, 5.74) is 0.737. The van der Waals surface area contributed by atoms with Gasteiger partial charge >= 0.3 is 0 Å². The van der Waals surface area contributed by atoms with Gasteiger partial charge in [0.2, 0.25) is 21.8 Å². The van der Waals surface area contributed by atoms with Gasteiger partial charge < -0.3 is 15.0 Å². The normalized spacial score (nSPS) is 13.0. The van der Waals surface area contributed by atoms with Gasteiger partial charge in [0.1, 0.15) is 18.3 Å². The summed E-state index contributed by atoms with van der Waals surface area (Å²) in [6, 6.07) is 8.41. The SMILES string of the molecule is CC[C@@H](C)NC(=O)[C@@H](CC)N(Cc1ccc(Cl)c(Cl)c1)C(=O)CN(c1cc(Cl)ccc1OC)S(C)(=O)=O. The maximum Gasteiger partial charge on any atom is 0.244 e. The molecule has 0 unspecified atom stereocenters. The first-order chi connectivity index (χ1) is 17.3. The lowest BCUT2D eigenvalue weighted by Crippen LogP contribution is -2.53. The smallest absolute Gasteiger partial charge is 0.244 e. The fraction of sp³-hybridized carbons (Fsp3) is 0.440. The molecule has 0 spiro atoms. The number of methoxy groups -OCH3 is 1. The molecule has 0 aliphatic carbocycles. The maximum atomic E-state index is 13.8. The number of sulfonamides is 1. The molecule has 204 valence electrons. The van der Waals surface area contributed by atoms with Gasteiger partial charge in [-0.05, 0) is 55.7 Å². The lowest BCUT2D eigenvalue weighted by Gasteiger charge is -2.33. The van der Waals surface area contributed by atoms with Crippen LogP contribution in [0.2, 0.25) is 15.1 Å². The summed E-state index contributed by atoms with van der Waals surface area (Å²) in [4.78, 5) is 28.3. The van der Waals surface area contributed by atoms with Crippen molar-refractivity contribution in [1.29, 1.82) is 0 Å². The number of carbonyl (C=O) groups excluding carboxylic acids is 2. The number of anilines is 1. The largest absolute Gasteiger partial charge is 0.495 e. The van der Waals surface area contributed by atoms with Gasteiger partial charge in [0, 0.05) is 17.6 Å². The van der Waals surface area contributed by atoms with Crippen LogP contribution < -0.4 is 14.4 Å². The molecule has 0 heterocycles. The summed E-state index contributed by atoms with van der Waals surface area (Å²) < 4.78 is 31.9. The minimum absolute atomic E-state index is 0.00639. The van der Waals surface area contributed by atoms with Crippen LogP contribution in [0.25, 0.3) is 0 Å². The summed E-state index contributed by atoms with van der Waals surface area (Å²) in [5, 5.41) is 3.83. The third-order valence-electron chi connectivity index (χ3n) is 5.81. The van der Waals surface area contributed by atoms with Crippen LogP contribution in [0.4, 0.5) is 5.69 Å². The Kier molecular flexibility index (Phi) is 11.4. The number of hydrogen-bond acceptors (Lipinski definition) is 5. The lowest BCUT2D eigenvalue weighted by molar-refractivity contribution is -0.140. The second-order valence-corrected chi connectivity index (χ2v) is 11.8. The number of hydrogen-bond donors (Lipinski definition) is 1. The van der Waals surface area contributed by atoms with Crippen LogP contribution >= 0.6 is 34.8 Å². The van der Waals surface area contributed by atoms with Crippen molar-refractivity contribution < 1.29 is 22.7 Å². The summed E-state index contributed by atoms with van der Waals surface area (Å²) >= 11 is 18.4. The van der Waals surface area contributed by atoms with Gasteiger partial charge in [0.05, 0.1) is 29.1 Å². The van der Waals surface area contributed by atoms with E-state index in [0.717, 1.165) is 10.6 Å². The van der Waals surface area contributed by atoms with Gasteiger partial charge in [-0.15, -0.1) is 0 Å². The molecule has 2 amide bonds. The average molecular weight is 593 g/mol. The molecule has 2 aromatic carbocycles. The number of benzene rings is 2. The first-order valence-corrected chi connectivity index (χ1v) is 14.7. The van der Waals surface area contributed by atoms with E-state index in [1.807, 2.05) is 13.8 Å². The molecule has 2 rings (SSSR count). The molecular weight excluding hydrogens is 561 g/mol. The highest BCUT2D eigenvalue weighted by atomic mass is 35.5. The zero-order valence-corrected chi connectivity index (χ0v) is 24.5. The number of nitrogens with zero attached hydrogens (tertiary/aromatic N) is 2. The molecule has 0 fully saturated rings. The van der Waals surface area contributed by atoms with Crippen LogP contribution in [0.5, 0.6) is 5.75 Å². The van der Waals surface area contributed by atoms with Crippen molar-refractivity contribution in [1.82, 2.24) is 10.2 Å². The molecule has 0 aliphatic heterocycles. The fourth-order valence-corrected chi connectivity index (χ4v) is 4.98. The summed E-state index contributed by atoms with van der Waals surface area (Å²) in [5.74, 6) is -0.707. The second kappa shape index (κ2) is 13.6. The third-order valence-corrected chi connectivity index (χ3v) is 7.91. The summed E-state index contributed by atoms with van der Waals surface area (Å²) in [7, 11) is -2.56. The highest BCUT2D eigenvalue weighted by Crippen LogP contribution is 2.33. The quantitative estimate of drug-likeness (QED) is 0.368. The third kappa shape index (κ3) is 8.40. The van der Waals surface area contributed by atoms with E-state index in [9.17, 15) is 18.0 Å². The Morgan fingerprint density at radius 1 is 1.03 bits per heavy atom. The highest BCUT2D eigenvalue weighted by Gasteiger charge is 2.33. The number of halogens is 3. The fourth-order valence-electron chi connectivity index (χ4n) is 3.65. The van der Waals surface area contributed by atoms with Crippen molar-refractivity contribution in [3.8, 4) is 5.75 Å². The van der Waals surface area contributed by atoms with E-state index in [0.29, 0.717) is 28.5 Å². The molecule has 8 nitrogen and oxygen atoms in total. The molecule has 2 atom stereocenters. The van der Waals surface area contributed by atoms with Crippen molar-refractivity contribution in [2.45, 2.75) is 52.2 Å². The Morgan fingerprint density at radius 3 is 2.24 bits per heavy atom. The van der Waals surface area contributed by atoms with E-state index in [1.165, 1.54) is 24.1 Å². The molecule has 0 saturated carbocycles. The first-order valence-electron chi connectivity index (χ1n) is 11.7. The van der Waals surface area contributed by atoms with Gasteiger partial charge in [-0.25, -0.2) is 8.42 Å². The first kappa shape index (κ1) is 31.0. The van der Waals surface area contributed by atoms with Gasteiger partial charge in [-0.2, -0.15) is 0 Å². The van der Waals surface area contributed by atoms with Crippen LogP contribution in [0.3, 0.4) is 0 Å². The van der Waals surface area contributed by atoms with Crippen LogP contribution in [-0.2, 0) is 26.2 Å². The number of nitrogens with one attached hydrogen (secondary N) is 1. The highest BCUT2D eigenvalue weighted by molar-refractivity contribution is 7.92. The van der Waals surface area contributed by atoms with Gasteiger partial charge in [-0.3, -0.25) is 13.9 Å². The maximum absolute atomic E-state index is 13.8. The molecule has 0 radical (unpaired) electrons.